The summed E-state index contributed by atoms with van der Waals surface area (Å²) in [5, 5.41) is 21.0. The van der Waals surface area contributed by atoms with E-state index in [0.29, 0.717) is 32.1 Å². The van der Waals surface area contributed by atoms with Gasteiger partial charge in [0.15, 0.2) is 10.8 Å². The highest BCUT2D eigenvalue weighted by molar-refractivity contribution is 7.99. The maximum atomic E-state index is 12.1. The van der Waals surface area contributed by atoms with Gasteiger partial charge >= 0.3 is 0 Å². The van der Waals surface area contributed by atoms with Gasteiger partial charge in [-0.1, -0.05) is 47.1 Å². The number of benzene rings is 1. The molecule has 0 saturated heterocycles. The van der Waals surface area contributed by atoms with Crippen LogP contribution in [-0.4, -0.2) is 26.3 Å². The molecule has 0 radical (unpaired) electrons. The van der Waals surface area contributed by atoms with E-state index in [0.717, 1.165) is 0 Å². The van der Waals surface area contributed by atoms with Gasteiger partial charge in [0.1, 0.15) is 6.07 Å². The molecule has 2 heterocycles. The summed E-state index contributed by atoms with van der Waals surface area (Å²) in [6, 6.07) is 10.4. The average molecular weight is 378 g/mol. The van der Waals surface area contributed by atoms with E-state index < -0.39 is 0 Å². The molecule has 0 bridgehead atoms. The molecule has 6 nitrogen and oxygen atoms in total. The van der Waals surface area contributed by atoms with Crippen molar-refractivity contribution in [3.05, 3.63) is 52.1 Å². The van der Waals surface area contributed by atoms with Crippen molar-refractivity contribution >= 4 is 52.2 Å². The Bertz CT molecular complexity index is 966. The third kappa shape index (κ3) is 3.46. The molecule has 0 fully saturated rings. The Morgan fingerprint density at radius 3 is 2.92 bits per heavy atom. The molecule has 24 heavy (non-hydrogen) atoms. The van der Waals surface area contributed by atoms with Gasteiger partial charge in [0.25, 0.3) is 0 Å². The number of nitrogens with one attached hydrogen (secondary N) is 1. The number of fused-ring (bicyclic) bond motifs is 1. The minimum atomic E-state index is -0.257. The summed E-state index contributed by atoms with van der Waals surface area (Å²) in [5.74, 6) is -0.155. The minimum Gasteiger partial charge on any atom is -0.324 e. The lowest BCUT2D eigenvalue weighted by Crippen LogP contribution is -2.15. The first-order valence-electron chi connectivity index (χ1n) is 6.70. The van der Waals surface area contributed by atoms with Gasteiger partial charge in [-0.25, -0.2) is 0 Å². The first kappa shape index (κ1) is 16.6. The van der Waals surface area contributed by atoms with Crippen molar-refractivity contribution in [2.75, 3.05) is 11.1 Å². The summed E-state index contributed by atoms with van der Waals surface area (Å²) in [7, 11) is 0. The van der Waals surface area contributed by atoms with E-state index in [-0.39, 0.29) is 11.7 Å². The van der Waals surface area contributed by atoms with E-state index in [9.17, 15) is 4.79 Å². The average Bonchev–Trinajstić information content (AvgIpc) is 2.96. The van der Waals surface area contributed by atoms with Crippen molar-refractivity contribution in [2.45, 2.75) is 5.16 Å². The quantitative estimate of drug-likeness (QED) is 0.701. The number of rotatable bonds is 4. The Morgan fingerprint density at radius 2 is 2.12 bits per heavy atom. The molecule has 9 heteroatoms. The normalized spacial score (nSPS) is 10.5. The van der Waals surface area contributed by atoms with Crippen molar-refractivity contribution in [3.8, 4) is 6.07 Å². The summed E-state index contributed by atoms with van der Waals surface area (Å²) in [4.78, 5) is 12.1. The molecule has 0 saturated carbocycles. The number of hydrogen-bond acceptors (Lipinski definition) is 5. The molecule has 0 aliphatic rings. The highest BCUT2D eigenvalue weighted by atomic mass is 35.5. The molecule has 0 aliphatic carbocycles. The van der Waals surface area contributed by atoms with Crippen LogP contribution in [0.3, 0.4) is 0 Å². The molecule has 1 amide bonds. The van der Waals surface area contributed by atoms with Crippen LogP contribution in [0.2, 0.25) is 10.0 Å². The van der Waals surface area contributed by atoms with E-state index in [1.807, 2.05) is 6.07 Å². The van der Waals surface area contributed by atoms with Crippen molar-refractivity contribution in [1.82, 2.24) is 14.6 Å². The minimum absolute atomic E-state index is 0.102. The Balaban J connectivity index is 1.72. The second-order valence-electron chi connectivity index (χ2n) is 4.68. The molecule has 1 N–H and O–H groups in total. The maximum absolute atomic E-state index is 12.1. The van der Waals surface area contributed by atoms with Crippen LogP contribution in [0.4, 0.5) is 5.69 Å². The van der Waals surface area contributed by atoms with E-state index in [2.05, 4.69) is 15.5 Å². The number of amides is 1. The second kappa shape index (κ2) is 7.09. The molecule has 0 unspecified atom stereocenters. The Morgan fingerprint density at radius 1 is 1.33 bits per heavy atom. The SMILES string of the molecule is N#Cc1ccccc1NC(=O)CSc1nnc2c(Cl)cc(Cl)cn12. The monoisotopic (exact) mass is 377 g/mol. The number of halogens is 2. The van der Waals surface area contributed by atoms with Crippen LogP contribution in [0.15, 0.2) is 41.7 Å². The van der Waals surface area contributed by atoms with Gasteiger partial charge in [0, 0.05) is 6.20 Å². The third-order valence-electron chi connectivity index (χ3n) is 3.05. The lowest BCUT2D eigenvalue weighted by Gasteiger charge is -2.06. The largest absolute Gasteiger partial charge is 0.324 e. The smallest absolute Gasteiger partial charge is 0.234 e. The predicted octanol–water partition coefficient (Wildman–Crippen LogP) is 3.64. The molecule has 0 atom stereocenters. The Labute approximate surface area is 151 Å². The zero-order valence-corrected chi connectivity index (χ0v) is 14.4. The molecule has 3 rings (SSSR count). The highest BCUT2D eigenvalue weighted by Crippen LogP contribution is 2.25. The third-order valence-corrected chi connectivity index (χ3v) is 4.48. The first-order valence-corrected chi connectivity index (χ1v) is 8.44. The van der Waals surface area contributed by atoms with Crippen molar-refractivity contribution in [2.24, 2.45) is 0 Å². The molecular weight excluding hydrogens is 369 g/mol. The van der Waals surface area contributed by atoms with E-state index >= 15 is 0 Å². The van der Waals surface area contributed by atoms with E-state index in [1.165, 1.54) is 11.8 Å². The predicted molar refractivity (Wildman–Crippen MR) is 93.5 cm³/mol. The van der Waals surface area contributed by atoms with Gasteiger partial charge in [0.2, 0.25) is 5.91 Å². The number of nitriles is 1. The number of aromatic nitrogens is 3. The zero-order valence-electron chi connectivity index (χ0n) is 12.0. The van der Waals surface area contributed by atoms with Crippen molar-refractivity contribution < 1.29 is 4.79 Å². The van der Waals surface area contributed by atoms with Crippen LogP contribution in [0.1, 0.15) is 5.56 Å². The van der Waals surface area contributed by atoms with Crippen molar-refractivity contribution in [3.63, 3.8) is 0 Å². The molecule has 2 aromatic heterocycles. The fourth-order valence-corrected chi connectivity index (χ4v) is 3.23. The molecule has 120 valence electrons. The van der Waals surface area contributed by atoms with E-state index in [1.54, 1.807) is 40.9 Å². The number of carbonyl (C=O) groups excluding carboxylic acids is 1. The Kier molecular flexibility index (Phi) is 4.90. The summed E-state index contributed by atoms with van der Waals surface area (Å²) >= 11 is 13.2. The van der Waals surface area contributed by atoms with Crippen LogP contribution >= 0.6 is 35.0 Å². The summed E-state index contributed by atoms with van der Waals surface area (Å²) in [6.45, 7) is 0. The number of thioether (sulfide) groups is 1. The van der Waals surface area contributed by atoms with Gasteiger partial charge in [-0.2, -0.15) is 5.26 Å². The fraction of sp³-hybridized carbons (Fsp3) is 0.0667. The van der Waals surface area contributed by atoms with Crippen LogP contribution in [0.25, 0.3) is 5.65 Å². The first-order chi connectivity index (χ1) is 11.6. The molecule has 0 spiro atoms. The number of carbonyl (C=O) groups is 1. The van der Waals surface area contributed by atoms with Gasteiger partial charge in [-0.3, -0.25) is 9.20 Å². The fourth-order valence-electron chi connectivity index (χ4n) is 2.01. The van der Waals surface area contributed by atoms with Gasteiger partial charge in [0.05, 0.1) is 27.0 Å². The standard InChI is InChI=1S/C15H9Cl2N5OS/c16-10-5-11(17)14-20-21-15(22(14)7-10)24-8-13(23)19-12-4-2-1-3-9(12)6-18/h1-5,7H,8H2,(H,19,23). The highest BCUT2D eigenvalue weighted by Gasteiger charge is 2.13. The second-order valence-corrected chi connectivity index (χ2v) is 6.46. The lowest BCUT2D eigenvalue weighted by atomic mass is 10.2. The van der Waals surface area contributed by atoms with Crippen molar-refractivity contribution in [1.29, 1.82) is 5.26 Å². The lowest BCUT2D eigenvalue weighted by molar-refractivity contribution is -0.113. The topological polar surface area (TPSA) is 83.1 Å². The van der Waals surface area contributed by atoms with Gasteiger partial charge < -0.3 is 5.32 Å². The number of anilines is 1. The summed E-state index contributed by atoms with van der Waals surface area (Å²) in [6.07, 6.45) is 1.63. The van der Waals surface area contributed by atoms with Crippen LogP contribution in [0.5, 0.6) is 0 Å². The van der Waals surface area contributed by atoms with Gasteiger partial charge in [-0.05, 0) is 18.2 Å². The van der Waals surface area contributed by atoms with Crippen LogP contribution < -0.4 is 5.32 Å². The number of nitrogens with zero attached hydrogens (tertiary/aromatic N) is 4. The van der Waals surface area contributed by atoms with Crippen LogP contribution in [0, 0.1) is 11.3 Å². The maximum Gasteiger partial charge on any atom is 0.234 e. The Hall–Kier alpha value is -2.27. The molecular formula is C15H9Cl2N5OS. The summed E-state index contributed by atoms with van der Waals surface area (Å²) < 4.78 is 1.63. The van der Waals surface area contributed by atoms with E-state index in [4.69, 9.17) is 28.5 Å². The number of pyridine rings is 1. The zero-order chi connectivity index (χ0) is 17.1. The number of para-hydroxylation sites is 1. The molecule has 1 aromatic carbocycles. The number of hydrogen-bond donors (Lipinski definition) is 1. The summed E-state index contributed by atoms with van der Waals surface area (Å²) in [5.41, 5.74) is 1.35. The van der Waals surface area contributed by atoms with Gasteiger partial charge in [-0.15, -0.1) is 10.2 Å². The molecule has 0 aliphatic heterocycles. The molecule has 3 aromatic rings. The van der Waals surface area contributed by atoms with Crippen LogP contribution in [-0.2, 0) is 4.79 Å².